The molecule has 6 aromatic rings. The summed E-state index contributed by atoms with van der Waals surface area (Å²) >= 11 is 0. The Kier molecular flexibility index (Phi) is 9.90. The van der Waals surface area contributed by atoms with Crippen LogP contribution in [0.15, 0.2) is 136 Å². The van der Waals surface area contributed by atoms with Crippen molar-refractivity contribution in [3.63, 3.8) is 0 Å². The molecule has 43 heavy (non-hydrogen) atoms. The minimum Gasteiger partial charge on any atom is -0.398 e. The fourth-order valence-corrected chi connectivity index (χ4v) is 7.19. The van der Waals surface area contributed by atoms with Gasteiger partial charge < -0.3 is 5.73 Å². The van der Waals surface area contributed by atoms with Crippen LogP contribution < -0.4 is 5.73 Å². The molecule has 6 rings (SSSR count). The van der Waals surface area contributed by atoms with Gasteiger partial charge in [-0.15, -0.1) is 0 Å². The summed E-state index contributed by atoms with van der Waals surface area (Å²) < 4.78 is 67.1. The van der Waals surface area contributed by atoms with Gasteiger partial charge in [0.05, 0.1) is 14.7 Å². The third-order valence-electron chi connectivity index (χ3n) is 6.20. The summed E-state index contributed by atoms with van der Waals surface area (Å²) in [7, 11) is 4.85. The maximum atomic E-state index is 11.3. The van der Waals surface area contributed by atoms with E-state index in [1.165, 1.54) is 24.3 Å². The molecule has 0 aliphatic rings. The van der Waals surface area contributed by atoms with Crippen LogP contribution in [0.1, 0.15) is 0 Å². The van der Waals surface area contributed by atoms with Crippen LogP contribution in [-0.2, 0) is 27.2 Å². The fourth-order valence-electron chi connectivity index (χ4n) is 4.23. The van der Waals surface area contributed by atoms with E-state index in [2.05, 4.69) is 0 Å². The Balaban J connectivity index is 0.000000148. The average Bonchev–Trinajstić information content (AvgIpc) is 2.96. The molecule has 13 heteroatoms. The van der Waals surface area contributed by atoms with Crippen LogP contribution in [0, 0.1) is 0 Å². The van der Waals surface area contributed by atoms with Crippen molar-refractivity contribution in [2.75, 3.05) is 5.73 Å². The molecule has 0 saturated carbocycles. The minimum absolute atomic E-state index is 0.0916. The lowest BCUT2D eigenvalue weighted by Gasteiger charge is -2.05. The quantitative estimate of drug-likeness (QED) is 0.147. The zero-order valence-corrected chi connectivity index (χ0v) is 26.6. The fraction of sp³-hybridized carbons (Fsp3) is 0. The zero-order chi connectivity index (χ0) is 31.4. The molecule has 7 nitrogen and oxygen atoms in total. The van der Waals surface area contributed by atoms with Gasteiger partial charge in [0.1, 0.15) is 0 Å². The molecule has 0 aromatic heterocycles. The molecule has 0 unspecified atom stereocenters. The van der Waals surface area contributed by atoms with E-state index in [-0.39, 0.29) is 14.7 Å². The van der Waals surface area contributed by atoms with Crippen molar-refractivity contribution in [3.8, 4) is 0 Å². The molecule has 0 aliphatic heterocycles. The number of hydrogen-bond donors (Lipinski definition) is 1. The van der Waals surface area contributed by atoms with Crippen molar-refractivity contribution in [3.05, 3.63) is 121 Å². The Morgan fingerprint density at radius 3 is 1.51 bits per heavy atom. The lowest BCUT2D eigenvalue weighted by Crippen LogP contribution is -1.95. The highest BCUT2D eigenvalue weighted by molar-refractivity contribution is 8.14. The Bertz CT molecular complexity index is 2280. The number of hydrogen-bond acceptors (Lipinski definition) is 7. The first kappa shape index (κ1) is 32.5. The van der Waals surface area contributed by atoms with Crippen LogP contribution in [0.3, 0.4) is 0 Å². The van der Waals surface area contributed by atoms with E-state index in [1.54, 1.807) is 54.6 Å². The van der Waals surface area contributed by atoms with Crippen molar-refractivity contribution in [1.29, 1.82) is 0 Å². The molecule has 0 fully saturated rings. The molecule has 0 saturated heterocycles. The van der Waals surface area contributed by atoms with Crippen LogP contribution >= 0.6 is 32.0 Å². The Hall–Kier alpha value is -3.38. The van der Waals surface area contributed by atoms with Gasteiger partial charge in [-0.1, -0.05) is 91.0 Å². The SMILES string of the molecule is Nc1ccc(S(=O)(=O)Cl)c2ccccc12.O=S(=O)(Cl)c1ccc2ccccc2c1.O=S(=O)(Cl)c1cccc2ccccc12. The lowest BCUT2D eigenvalue weighted by atomic mass is 10.1. The standard InChI is InChI=1S/C10H8ClNO2S.2C10H7ClO2S/c11-15(13,14)10-6-5-9(12)7-3-1-2-4-8(7)10;11-14(12,13)10-7-3-5-8-4-1-2-6-9(8)10;11-14(12,13)10-6-5-8-3-1-2-4-9(8)7-10/h1-6H,12H2;2*1-7H. The number of benzene rings is 6. The summed E-state index contributed by atoms with van der Waals surface area (Å²) in [5, 5.41) is 4.64. The number of rotatable bonds is 3. The second kappa shape index (κ2) is 13.1. The third-order valence-corrected chi connectivity index (χ3v) is 10.3. The monoisotopic (exact) mass is 693 g/mol. The van der Waals surface area contributed by atoms with Crippen LogP contribution in [0.5, 0.6) is 0 Å². The minimum atomic E-state index is -3.73. The highest BCUT2D eigenvalue weighted by Gasteiger charge is 2.15. The van der Waals surface area contributed by atoms with Crippen molar-refractivity contribution in [2.24, 2.45) is 0 Å². The molecule has 0 atom stereocenters. The molecule has 0 aliphatic carbocycles. The van der Waals surface area contributed by atoms with Crippen molar-refractivity contribution >= 4 is 97.2 Å². The molecule has 222 valence electrons. The average molecular weight is 695 g/mol. The number of nitrogens with two attached hydrogens (primary N) is 1. The first-order valence-corrected chi connectivity index (χ1v) is 19.2. The van der Waals surface area contributed by atoms with Crippen molar-refractivity contribution < 1.29 is 25.3 Å². The molecule has 6 aromatic carbocycles. The van der Waals surface area contributed by atoms with E-state index < -0.39 is 27.2 Å². The van der Waals surface area contributed by atoms with Gasteiger partial charge in [-0.3, -0.25) is 0 Å². The Labute approximate surface area is 262 Å². The van der Waals surface area contributed by atoms with Gasteiger partial charge in [-0.25, -0.2) is 25.3 Å². The first-order valence-electron chi connectivity index (χ1n) is 12.2. The van der Waals surface area contributed by atoms with Crippen LogP contribution in [0.2, 0.25) is 0 Å². The maximum absolute atomic E-state index is 11.3. The van der Waals surface area contributed by atoms with Gasteiger partial charge in [0, 0.05) is 53.9 Å². The number of halogens is 3. The highest BCUT2D eigenvalue weighted by Crippen LogP contribution is 2.29. The summed E-state index contributed by atoms with van der Waals surface area (Å²) in [4.78, 5) is 0.393. The zero-order valence-electron chi connectivity index (χ0n) is 21.9. The topological polar surface area (TPSA) is 128 Å². The van der Waals surface area contributed by atoms with Gasteiger partial charge in [-0.2, -0.15) is 0 Å². The van der Waals surface area contributed by atoms with Crippen LogP contribution in [0.25, 0.3) is 32.3 Å². The predicted octanol–water partition coefficient (Wildman–Crippen LogP) is 7.88. The van der Waals surface area contributed by atoms with E-state index in [1.807, 2.05) is 42.5 Å². The molecule has 0 bridgehead atoms. The number of anilines is 1. The summed E-state index contributed by atoms with van der Waals surface area (Å²) in [6, 6.07) is 34.5. The van der Waals surface area contributed by atoms with E-state index in [0.717, 1.165) is 16.2 Å². The van der Waals surface area contributed by atoms with Gasteiger partial charge in [0.2, 0.25) is 0 Å². The van der Waals surface area contributed by atoms with Gasteiger partial charge in [-0.05, 0) is 46.5 Å². The molecular weight excluding hydrogens is 673 g/mol. The highest BCUT2D eigenvalue weighted by atomic mass is 35.7. The first-order chi connectivity index (χ1) is 20.2. The van der Waals surface area contributed by atoms with E-state index in [9.17, 15) is 25.3 Å². The predicted molar refractivity (Wildman–Crippen MR) is 175 cm³/mol. The van der Waals surface area contributed by atoms with E-state index >= 15 is 0 Å². The van der Waals surface area contributed by atoms with Gasteiger partial charge >= 0.3 is 0 Å². The normalized spacial score (nSPS) is 11.8. The van der Waals surface area contributed by atoms with Crippen LogP contribution in [-0.4, -0.2) is 25.3 Å². The molecule has 2 N–H and O–H groups in total. The Morgan fingerprint density at radius 2 is 0.907 bits per heavy atom. The third kappa shape index (κ3) is 8.17. The second-order valence-electron chi connectivity index (χ2n) is 9.00. The number of fused-ring (bicyclic) bond motifs is 3. The molecule has 0 amide bonds. The van der Waals surface area contributed by atoms with E-state index in [4.69, 9.17) is 37.8 Å². The summed E-state index contributed by atoms with van der Waals surface area (Å²) in [6.45, 7) is 0. The van der Waals surface area contributed by atoms with Crippen molar-refractivity contribution in [2.45, 2.75) is 14.7 Å². The Morgan fingerprint density at radius 1 is 0.419 bits per heavy atom. The van der Waals surface area contributed by atoms with Gasteiger partial charge in [0.25, 0.3) is 27.2 Å². The molecule has 0 spiro atoms. The smallest absolute Gasteiger partial charge is 0.261 e. The van der Waals surface area contributed by atoms with Gasteiger partial charge in [0.15, 0.2) is 0 Å². The lowest BCUT2D eigenvalue weighted by molar-refractivity contribution is 0.608. The molecular formula is C30H22Cl3NO6S3. The molecule has 0 radical (unpaired) electrons. The van der Waals surface area contributed by atoms with Crippen molar-refractivity contribution in [1.82, 2.24) is 0 Å². The molecule has 0 heterocycles. The van der Waals surface area contributed by atoms with E-state index in [0.29, 0.717) is 21.8 Å². The second-order valence-corrected chi connectivity index (χ2v) is 16.6. The van der Waals surface area contributed by atoms with Crippen LogP contribution in [0.4, 0.5) is 5.69 Å². The summed E-state index contributed by atoms with van der Waals surface area (Å²) in [5.74, 6) is 0. The summed E-state index contributed by atoms with van der Waals surface area (Å²) in [5.41, 5.74) is 6.27. The summed E-state index contributed by atoms with van der Waals surface area (Å²) in [6.07, 6.45) is 0. The largest absolute Gasteiger partial charge is 0.398 e. The maximum Gasteiger partial charge on any atom is 0.261 e. The number of nitrogen functional groups attached to an aromatic ring is 1.